The summed E-state index contributed by atoms with van der Waals surface area (Å²) in [5, 5.41) is 9.82. The van der Waals surface area contributed by atoms with Gasteiger partial charge in [-0.2, -0.15) is 5.10 Å². The van der Waals surface area contributed by atoms with Gasteiger partial charge in [0.15, 0.2) is 11.6 Å². The highest BCUT2D eigenvalue weighted by Crippen LogP contribution is 2.39. The molecule has 3 N–H and O–H groups in total. The normalized spacial score (nSPS) is 20.6. The van der Waals surface area contributed by atoms with Crippen molar-refractivity contribution in [2.24, 2.45) is 12.8 Å². The predicted octanol–water partition coefficient (Wildman–Crippen LogP) is 3.94. The first kappa shape index (κ1) is 21.3. The van der Waals surface area contributed by atoms with Crippen LogP contribution in [-0.4, -0.2) is 34.0 Å². The van der Waals surface area contributed by atoms with Gasteiger partial charge in [0.1, 0.15) is 16.9 Å². The SMILES string of the molecule is Cn1ncc(NCc2csc(-c3c(F)cc4c(c3F)OCC4)n2)c1C1CCC(N)CCO1. The molecule has 4 heterocycles. The first-order chi connectivity index (χ1) is 15.5. The molecule has 1 saturated heterocycles. The van der Waals surface area contributed by atoms with E-state index in [2.05, 4.69) is 15.4 Å². The van der Waals surface area contributed by atoms with Gasteiger partial charge in [-0.3, -0.25) is 4.68 Å². The van der Waals surface area contributed by atoms with Crippen LogP contribution in [0.2, 0.25) is 0 Å². The second-order valence-electron chi connectivity index (χ2n) is 8.18. The molecular weight excluding hydrogens is 436 g/mol. The lowest BCUT2D eigenvalue weighted by atomic mass is 10.1. The molecule has 0 aliphatic carbocycles. The molecule has 7 nitrogen and oxygen atoms in total. The third-order valence-corrected chi connectivity index (χ3v) is 6.90. The van der Waals surface area contributed by atoms with Crippen molar-refractivity contribution in [3.05, 3.63) is 46.2 Å². The summed E-state index contributed by atoms with van der Waals surface area (Å²) in [4.78, 5) is 4.46. The zero-order chi connectivity index (χ0) is 22.2. The highest BCUT2D eigenvalue weighted by Gasteiger charge is 2.27. The highest BCUT2D eigenvalue weighted by molar-refractivity contribution is 7.13. The Hall–Kier alpha value is -2.56. The van der Waals surface area contributed by atoms with E-state index in [0.29, 0.717) is 42.4 Å². The molecule has 2 atom stereocenters. The molecule has 0 spiro atoms. The smallest absolute Gasteiger partial charge is 0.178 e. The van der Waals surface area contributed by atoms with Crippen molar-refractivity contribution < 1.29 is 18.3 Å². The average molecular weight is 462 g/mol. The number of nitrogens with zero attached hydrogens (tertiary/aromatic N) is 3. The third-order valence-electron chi connectivity index (χ3n) is 5.99. The van der Waals surface area contributed by atoms with Crippen LogP contribution in [0, 0.1) is 11.6 Å². The van der Waals surface area contributed by atoms with Gasteiger partial charge in [-0.1, -0.05) is 0 Å². The summed E-state index contributed by atoms with van der Waals surface area (Å²) in [5.41, 5.74) is 9.00. The van der Waals surface area contributed by atoms with Gasteiger partial charge in [-0.05, 0) is 25.3 Å². The number of aryl methyl sites for hydroxylation is 1. The summed E-state index contributed by atoms with van der Waals surface area (Å²) >= 11 is 1.21. The van der Waals surface area contributed by atoms with Gasteiger partial charge >= 0.3 is 0 Å². The van der Waals surface area contributed by atoms with Gasteiger partial charge in [0, 0.05) is 37.1 Å². The Morgan fingerprint density at radius 2 is 2.16 bits per heavy atom. The summed E-state index contributed by atoms with van der Waals surface area (Å²) in [6.45, 7) is 1.38. The Morgan fingerprint density at radius 1 is 1.28 bits per heavy atom. The Bertz CT molecular complexity index is 1130. The van der Waals surface area contributed by atoms with E-state index in [1.54, 1.807) is 11.6 Å². The van der Waals surface area contributed by atoms with Gasteiger partial charge in [0.25, 0.3) is 0 Å². The number of fused-ring (bicyclic) bond motifs is 1. The van der Waals surface area contributed by atoms with Gasteiger partial charge in [-0.15, -0.1) is 11.3 Å². The number of ether oxygens (including phenoxy) is 2. The lowest BCUT2D eigenvalue weighted by Crippen LogP contribution is -2.19. The Kier molecular flexibility index (Phi) is 5.83. The molecule has 0 radical (unpaired) electrons. The summed E-state index contributed by atoms with van der Waals surface area (Å²) < 4.78 is 42.6. The van der Waals surface area contributed by atoms with Crippen LogP contribution >= 0.6 is 11.3 Å². The lowest BCUT2D eigenvalue weighted by molar-refractivity contribution is 0.0529. The van der Waals surface area contributed by atoms with E-state index in [0.717, 1.165) is 30.6 Å². The lowest BCUT2D eigenvalue weighted by Gasteiger charge is -2.18. The molecule has 1 fully saturated rings. The van der Waals surface area contributed by atoms with Crippen molar-refractivity contribution in [2.75, 3.05) is 18.5 Å². The molecule has 2 aromatic heterocycles. The number of rotatable bonds is 5. The van der Waals surface area contributed by atoms with Crippen molar-refractivity contribution in [3.63, 3.8) is 0 Å². The van der Waals surface area contributed by atoms with Gasteiger partial charge < -0.3 is 20.5 Å². The minimum atomic E-state index is -0.676. The van der Waals surface area contributed by atoms with Crippen molar-refractivity contribution >= 4 is 17.0 Å². The van der Waals surface area contributed by atoms with E-state index >= 15 is 0 Å². The Labute approximate surface area is 188 Å². The minimum Gasteiger partial charge on any atom is -0.490 e. The molecular formula is C22H25F2N5O2S. The largest absolute Gasteiger partial charge is 0.490 e. The maximum atomic E-state index is 14.9. The fraction of sp³-hybridized carbons (Fsp3) is 0.455. The maximum absolute atomic E-state index is 14.9. The van der Waals surface area contributed by atoms with Crippen LogP contribution in [-0.2, 0) is 24.8 Å². The highest BCUT2D eigenvalue weighted by atomic mass is 32.1. The van der Waals surface area contributed by atoms with Crippen LogP contribution in [0.5, 0.6) is 5.75 Å². The molecule has 32 heavy (non-hydrogen) atoms. The van der Waals surface area contributed by atoms with Gasteiger partial charge in [-0.25, -0.2) is 13.8 Å². The number of hydrogen-bond acceptors (Lipinski definition) is 7. The quantitative estimate of drug-likeness (QED) is 0.599. The molecule has 5 rings (SSSR count). The number of nitrogens with two attached hydrogens (primary N) is 1. The molecule has 3 aromatic rings. The van der Waals surface area contributed by atoms with Crippen LogP contribution in [0.1, 0.15) is 42.3 Å². The molecule has 0 amide bonds. The molecule has 2 aliphatic rings. The fourth-order valence-electron chi connectivity index (χ4n) is 4.28. The summed E-state index contributed by atoms with van der Waals surface area (Å²) in [6.07, 6.45) is 4.76. The molecule has 0 bridgehead atoms. The van der Waals surface area contributed by atoms with Crippen LogP contribution in [0.15, 0.2) is 17.6 Å². The van der Waals surface area contributed by atoms with Crippen molar-refractivity contribution in [1.82, 2.24) is 14.8 Å². The van der Waals surface area contributed by atoms with Crippen LogP contribution < -0.4 is 15.8 Å². The van der Waals surface area contributed by atoms with Crippen LogP contribution in [0.3, 0.4) is 0 Å². The molecule has 0 saturated carbocycles. The first-order valence-corrected chi connectivity index (χ1v) is 11.6. The van der Waals surface area contributed by atoms with Crippen molar-refractivity contribution in [3.8, 4) is 16.3 Å². The van der Waals surface area contributed by atoms with Crippen LogP contribution in [0.25, 0.3) is 10.6 Å². The standard InChI is InChI=1S/C22H25F2N5O2S/c1-29-20(17-3-2-13(25)5-7-30-17)16(10-27-29)26-9-14-11-32-22(28-14)18-15(23)8-12-4-6-31-21(12)19(18)24/h8,10-11,13,17,26H,2-7,9,25H2,1H3. The van der Waals surface area contributed by atoms with E-state index in [1.165, 1.54) is 17.4 Å². The summed E-state index contributed by atoms with van der Waals surface area (Å²) in [7, 11) is 1.89. The van der Waals surface area contributed by atoms with Crippen molar-refractivity contribution in [2.45, 2.75) is 44.4 Å². The second-order valence-corrected chi connectivity index (χ2v) is 9.04. The Balaban J connectivity index is 1.33. The Morgan fingerprint density at radius 3 is 3.03 bits per heavy atom. The maximum Gasteiger partial charge on any atom is 0.178 e. The summed E-state index contributed by atoms with van der Waals surface area (Å²) in [5.74, 6) is -1.15. The van der Waals surface area contributed by atoms with E-state index in [-0.39, 0.29) is 23.5 Å². The number of halogens is 2. The minimum absolute atomic E-state index is 0.0841. The van der Waals surface area contributed by atoms with Crippen molar-refractivity contribution in [1.29, 1.82) is 0 Å². The topological polar surface area (TPSA) is 87.2 Å². The van der Waals surface area contributed by atoms with Gasteiger partial charge in [0.2, 0.25) is 0 Å². The third kappa shape index (κ3) is 3.98. The molecule has 2 aliphatic heterocycles. The number of thiazole rings is 1. The number of aromatic nitrogens is 3. The summed E-state index contributed by atoms with van der Waals surface area (Å²) in [6, 6.07) is 1.50. The molecule has 10 heteroatoms. The van der Waals surface area contributed by atoms with E-state index < -0.39 is 11.6 Å². The molecule has 170 valence electrons. The first-order valence-electron chi connectivity index (χ1n) is 10.7. The fourth-order valence-corrected chi connectivity index (χ4v) is 5.13. The number of hydrogen-bond donors (Lipinski definition) is 2. The number of benzene rings is 1. The van der Waals surface area contributed by atoms with E-state index in [4.69, 9.17) is 15.2 Å². The van der Waals surface area contributed by atoms with E-state index in [1.807, 2.05) is 11.7 Å². The van der Waals surface area contributed by atoms with Crippen LogP contribution in [0.4, 0.5) is 14.5 Å². The average Bonchev–Trinajstić information content (AvgIpc) is 3.46. The zero-order valence-corrected chi connectivity index (χ0v) is 18.6. The molecule has 2 unspecified atom stereocenters. The predicted molar refractivity (Wildman–Crippen MR) is 118 cm³/mol. The molecule has 1 aromatic carbocycles. The second kappa shape index (κ2) is 8.76. The van der Waals surface area contributed by atoms with E-state index in [9.17, 15) is 8.78 Å². The number of anilines is 1. The monoisotopic (exact) mass is 461 g/mol. The van der Waals surface area contributed by atoms with Gasteiger partial charge in [0.05, 0.1) is 42.0 Å². The zero-order valence-electron chi connectivity index (χ0n) is 17.7. The number of nitrogens with one attached hydrogen (secondary N) is 1.